The maximum absolute atomic E-state index is 4.75. The zero-order chi connectivity index (χ0) is 15.8. The number of piperazine rings is 1. The van der Waals surface area contributed by atoms with Crippen LogP contribution in [0.1, 0.15) is 12.6 Å². The Bertz CT molecular complexity index is 723. The van der Waals surface area contributed by atoms with Crippen LogP contribution in [0.4, 0.5) is 0 Å². The van der Waals surface area contributed by atoms with Gasteiger partial charge in [-0.05, 0) is 32.1 Å². The number of imidazole rings is 1. The van der Waals surface area contributed by atoms with Gasteiger partial charge in [-0.3, -0.25) is 4.57 Å². The average molecular weight is 310 g/mol. The van der Waals surface area contributed by atoms with Crippen LogP contribution in [-0.4, -0.2) is 57.4 Å². The van der Waals surface area contributed by atoms with Crippen LogP contribution < -0.4 is 5.32 Å². The molecule has 4 rings (SSSR count). The second kappa shape index (κ2) is 5.70. The van der Waals surface area contributed by atoms with Crippen LogP contribution in [-0.2, 0) is 0 Å². The van der Waals surface area contributed by atoms with Crippen LogP contribution in [0.2, 0.25) is 0 Å². The van der Waals surface area contributed by atoms with Gasteiger partial charge in [-0.25, -0.2) is 9.98 Å². The van der Waals surface area contributed by atoms with E-state index in [1.165, 1.54) is 5.70 Å². The van der Waals surface area contributed by atoms with Crippen LogP contribution in [0, 0.1) is 6.92 Å². The Kier molecular flexibility index (Phi) is 3.53. The maximum Gasteiger partial charge on any atom is 0.138 e. The molecule has 6 heteroatoms. The number of amidine groups is 1. The topological polar surface area (TPSA) is 48.7 Å². The van der Waals surface area contributed by atoms with Crippen molar-refractivity contribution in [2.24, 2.45) is 4.99 Å². The van der Waals surface area contributed by atoms with Gasteiger partial charge in [0.2, 0.25) is 0 Å². The molecule has 1 saturated heterocycles. The number of allylic oxidation sites excluding steroid dienone is 1. The van der Waals surface area contributed by atoms with Crippen LogP contribution in [0.5, 0.6) is 0 Å². The summed E-state index contributed by atoms with van der Waals surface area (Å²) < 4.78 is 1.98. The van der Waals surface area contributed by atoms with Gasteiger partial charge in [-0.15, -0.1) is 0 Å². The summed E-state index contributed by atoms with van der Waals surface area (Å²) in [6.45, 7) is 8.19. The fraction of sp³-hybridized carbons (Fsp3) is 0.412. The Morgan fingerprint density at radius 3 is 3.00 bits per heavy atom. The van der Waals surface area contributed by atoms with E-state index < -0.39 is 0 Å². The molecule has 1 fully saturated rings. The number of aromatic nitrogens is 2. The van der Waals surface area contributed by atoms with Gasteiger partial charge in [-0.2, -0.15) is 0 Å². The number of nitrogens with zero attached hydrogens (tertiary/aromatic N) is 5. The lowest BCUT2D eigenvalue weighted by molar-refractivity contribution is 0.258. The normalized spacial score (nSPS) is 24.1. The first-order chi connectivity index (χ1) is 11.2. The monoisotopic (exact) mass is 310 g/mol. The van der Waals surface area contributed by atoms with Crippen LogP contribution >= 0.6 is 0 Å². The SMILES string of the molecule is Cc1cn(C2=CCN3C=C(N4CCN[C@@H](C)C4)C=CC3=N2)cn1. The van der Waals surface area contributed by atoms with E-state index in [1.807, 2.05) is 24.0 Å². The molecule has 23 heavy (non-hydrogen) atoms. The average Bonchev–Trinajstić information content (AvgIpc) is 3.00. The van der Waals surface area contributed by atoms with Gasteiger partial charge in [0.15, 0.2) is 0 Å². The molecule has 0 aliphatic carbocycles. The van der Waals surface area contributed by atoms with Crippen molar-refractivity contribution in [1.29, 1.82) is 0 Å². The summed E-state index contributed by atoms with van der Waals surface area (Å²) in [4.78, 5) is 13.7. The predicted octanol–water partition coefficient (Wildman–Crippen LogP) is 1.41. The molecule has 0 radical (unpaired) electrons. The van der Waals surface area contributed by atoms with E-state index in [0.29, 0.717) is 6.04 Å². The van der Waals surface area contributed by atoms with Crippen LogP contribution in [0.25, 0.3) is 5.82 Å². The fourth-order valence-electron chi connectivity index (χ4n) is 3.18. The highest BCUT2D eigenvalue weighted by Gasteiger charge is 2.22. The molecule has 1 atom stereocenters. The van der Waals surface area contributed by atoms with Crippen molar-refractivity contribution in [2.75, 3.05) is 26.2 Å². The quantitative estimate of drug-likeness (QED) is 0.897. The standard InChI is InChI=1S/C17H22N6/c1-13-9-21(8-6-18-13)15-3-4-16-20-17(5-7-22(16)11-15)23-10-14(2)19-12-23/h3-5,10-13,18H,6-9H2,1-2H3/t13-/m0/s1. The number of nitrogens with one attached hydrogen (secondary N) is 1. The van der Waals surface area contributed by atoms with Crippen molar-refractivity contribution in [3.63, 3.8) is 0 Å². The van der Waals surface area contributed by atoms with E-state index in [1.54, 1.807) is 0 Å². The molecular weight excluding hydrogens is 288 g/mol. The minimum Gasteiger partial charge on any atom is -0.368 e. The van der Waals surface area contributed by atoms with E-state index in [4.69, 9.17) is 4.99 Å². The molecule has 4 heterocycles. The van der Waals surface area contributed by atoms with Crippen molar-refractivity contribution in [2.45, 2.75) is 19.9 Å². The molecule has 0 aromatic carbocycles. The molecule has 0 spiro atoms. The van der Waals surface area contributed by atoms with E-state index in [0.717, 1.165) is 43.5 Å². The van der Waals surface area contributed by atoms with E-state index in [2.05, 4.69) is 51.5 Å². The summed E-state index contributed by atoms with van der Waals surface area (Å²) in [5, 5.41) is 3.48. The molecule has 1 aromatic heterocycles. The van der Waals surface area contributed by atoms with E-state index in [9.17, 15) is 0 Å². The molecule has 1 N–H and O–H groups in total. The number of hydrogen-bond acceptors (Lipinski definition) is 5. The Morgan fingerprint density at radius 2 is 2.22 bits per heavy atom. The molecule has 0 unspecified atom stereocenters. The highest BCUT2D eigenvalue weighted by molar-refractivity contribution is 5.98. The predicted molar refractivity (Wildman–Crippen MR) is 91.6 cm³/mol. The number of rotatable bonds is 2. The van der Waals surface area contributed by atoms with Gasteiger partial charge < -0.3 is 15.1 Å². The summed E-state index contributed by atoms with van der Waals surface area (Å²) in [5.74, 6) is 1.93. The lowest BCUT2D eigenvalue weighted by Crippen LogP contribution is -2.49. The van der Waals surface area contributed by atoms with Crippen molar-refractivity contribution in [3.05, 3.63) is 48.3 Å². The Labute approximate surface area is 136 Å². The second-order valence-electron chi connectivity index (χ2n) is 6.30. The number of aliphatic imine (C=N–C) groups is 1. The largest absolute Gasteiger partial charge is 0.368 e. The number of fused-ring (bicyclic) bond motifs is 1. The molecule has 1 aromatic rings. The zero-order valence-corrected chi connectivity index (χ0v) is 13.6. The molecule has 120 valence electrons. The third kappa shape index (κ3) is 2.82. The lowest BCUT2D eigenvalue weighted by Gasteiger charge is -2.37. The van der Waals surface area contributed by atoms with Crippen molar-refractivity contribution >= 4 is 11.7 Å². The Morgan fingerprint density at radius 1 is 1.30 bits per heavy atom. The minimum absolute atomic E-state index is 0.533. The molecular formula is C17H22N6. The molecule has 0 amide bonds. The molecule has 0 bridgehead atoms. The van der Waals surface area contributed by atoms with Gasteiger partial charge in [0, 0.05) is 44.6 Å². The fourth-order valence-corrected chi connectivity index (χ4v) is 3.18. The summed E-state index contributed by atoms with van der Waals surface area (Å²) in [6.07, 6.45) is 12.5. The number of hydrogen-bond donors (Lipinski definition) is 1. The molecule has 6 nitrogen and oxygen atoms in total. The first-order valence-electron chi connectivity index (χ1n) is 8.14. The van der Waals surface area contributed by atoms with Gasteiger partial charge in [0.1, 0.15) is 18.0 Å². The molecule has 0 saturated carbocycles. The summed E-state index contributed by atoms with van der Waals surface area (Å²) in [5.41, 5.74) is 2.27. The van der Waals surface area contributed by atoms with Gasteiger partial charge >= 0.3 is 0 Å². The minimum atomic E-state index is 0.533. The first-order valence-corrected chi connectivity index (χ1v) is 8.14. The number of aryl methyl sites for hydroxylation is 1. The van der Waals surface area contributed by atoms with Gasteiger partial charge in [0.25, 0.3) is 0 Å². The summed E-state index contributed by atoms with van der Waals surface area (Å²) >= 11 is 0. The van der Waals surface area contributed by atoms with Crippen LogP contribution in [0.15, 0.2) is 47.6 Å². The van der Waals surface area contributed by atoms with E-state index >= 15 is 0 Å². The third-order valence-corrected chi connectivity index (χ3v) is 4.40. The first kappa shape index (κ1) is 14.3. The molecule has 3 aliphatic rings. The zero-order valence-electron chi connectivity index (χ0n) is 13.6. The summed E-state index contributed by atoms with van der Waals surface area (Å²) in [7, 11) is 0. The highest BCUT2D eigenvalue weighted by atomic mass is 15.3. The third-order valence-electron chi connectivity index (χ3n) is 4.40. The summed E-state index contributed by atoms with van der Waals surface area (Å²) in [6, 6.07) is 0.533. The van der Waals surface area contributed by atoms with Crippen LogP contribution in [0.3, 0.4) is 0 Å². The van der Waals surface area contributed by atoms with Crippen molar-refractivity contribution in [1.82, 2.24) is 24.7 Å². The van der Waals surface area contributed by atoms with E-state index in [-0.39, 0.29) is 0 Å². The second-order valence-corrected chi connectivity index (χ2v) is 6.30. The maximum atomic E-state index is 4.75. The highest BCUT2D eigenvalue weighted by Crippen LogP contribution is 2.21. The van der Waals surface area contributed by atoms with Gasteiger partial charge in [-0.1, -0.05) is 0 Å². The lowest BCUT2D eigenvalue weighted by atomic mass is 10.2. The van der Waals surface area contributed by atoms with Crippen molar-refractivity contribution < 1.29 is 0 Å². The molecule has 3 aliphatic heterocycles. The van der Waals surface area contributed by atoms with Crippen molar-refractivity contribution in [3.8, 4) is 0 Å². The smallest absolute Gasteiger partial charge is 0.138 e. The Hall–Kier alpha value is -2.34. The van der Waals surface area contributed by atoms with Gasteiger partial charge in [0.05, 0.1) is 11.4 Å². The Balaban J connectivity index is 1.52.